The van der Waals surface area contributed by atoms with Crippen LogP contribution in [-0.4, -0.2) is 38.4 Å². The first-order chi connectivity index (χ1) is 13.5. The largest absolute Gasteiger partial charge is 0.390 e. The smallest absolute Gasteiger partial charge is 0.330 e. The fraction of sp³-hybridized carbons (Fsp3) is 0.429. The Kier molecular flexibility index (Phi) is 4.95. The molecule has 1 saturated heterocycles. The number of anilines is 1. The van der Waals surface area contributed by atoms with Crippen LogP contribution in [0.5, 0.6) is 0 Å². The number of rotatable bonds is 4. The van der Waals surface area contributed by atoms with Gasteiger partial charge >= 0.3 is 5.69 Å². The Hall–Kier alpha value is -2.64. The molecule has 148 valence electrons. The van der Waals surface area contributed by atoms with Crippen molar-refractivity contribution in [3.8, 4) is 0 Å². The molecule has 28 heavy (non-hydrogen) atoms. The first-order valence-electron chi connectivity index (χ1n) is 9.74. The summed E-state index contributed by atoms with van der Waals surface area (Å²) in [6.07, 6.45) is 2.01. The van der Waals surface area contributed by atoms with Crippen molar-refractivity contribution in [1.29, 1.82) is 0 Å². The van der Waals surface area contributed by atoms with Crippen molar-refractivity contribution in [2.75, 3.05) is 18.0 Å². The number of hydrogen-bond acceptors (Lipinski definition) is 5. The van der Waals surface area contributed by atoms with Crippen molar-refractivity contribution < 1.29 is 5.11 Å². The monoisotopic (exact) mass is 381 g/mol. The maximum atomic E-state index is 13.1. The molecule has 7 heteroatoms. The molecule has 1 aromatic carbocycles. The maximum Gasteiger partial charge on any atom is 0.330 e. The number of aliphatic hydroxyl groups excluding tert-OH is 1. The molecule has 3 N–H and O–H groups in total. The number of imidazole rings is 1. The van der Waals surface area contributed by atoms with E-state index in [2.05, 4.69) is 22.9 Å². The van der Waals surface area contributed by atoms with E-state index in [9.17, 15) is 9.90 Å². The first-order valence-corrected chi connectivity index (χ1v) is 9.74. The van der Waals surface area contributed by atoms with Gasteiger partial charge in [0.15, 0.2) is 5.65 Å². The molecule has 1 fully saturated rings. The SMILES string of the molecule is Cc1ccccc1Cn1c(=O)n(C)c2nc(CO)cc(N3CCC[C@@H](N)C3)c21. The van der Waals surface area contributed by atoms with Crippen molar-refractivity contribution in [2.24, 2.45) is 12.8 Å². The van der Waals surface area contributed by atoms with Crippen LogP contribution < -0.4 is 16.3 Å². The number of aliphatic hydroxyl groups is 1. The fourth-order valence-corrected chi connectivity index (χ4v) is 4.08. The zero-order valence-corrected chi connectivity index (χ0v) is 16.4. The van der Waals surface area contributed by atoms with Gasteiger partial charge in [-0.25, -0.2) is 9.78 Å². The summed E-state index contributed by atoms with van der Waals surface area (Å²) in [4.78, 5) is 19.9. The highest BCUT2D eigenvalue weighted by Gasteiger charge is 2.24. The summed E-state index contributed by atoms with van der Waals surface area (Å²) in [6.45, 7) is 3.98. The van der Waals surface area contributed by atoms with E-state index in [-0.39, 0.29) is 18.3 Å². The van der Waals surface area contributed by atoms with Crippen LogP contribution in [0.1, 0.15) is 29.7 Å². The molecule has 0 spiro atoms. The van der Waals surface area contributed by atoms with Crippen LogP contribution in [0.25, 0.3) is 11.2 Å². The fourth-order valence-electron chi connectivity index (χ4n) is 4.08. The molecular formula is C21H27N5O2. The van der Waals surface area contributed by atoms with E-state index in [1.54, 1.807) is 16.2 Å². The second kappa shape index (κ2) is 7.41. The second-order valence-electron chi connectivity index (χ2n) is 7.67. The topological polar surface area (TPSA) is 89.3 Å². The standard InChI is InChI=1S/C21H27N5O2/c1-14-6-3-4-7-15(14)11-26-19-18(25-9-5-8-16(22)12-25)10-17(13-27)23-20(19)24(2)21(26)28/h3-4,6-7,10,16,27H,5,8-9,11-13,22H2,1-2H3/t16-/m1/s1. The van der Waals surface area contributed by atoms with Crippen molar-refractivity contribution >= 4 is 16.9 Å². The number of aromatic nitrogens is 3. The van der Waals surface area contributed by atoms with Gasteiger partial charge in [-0.3, -0.25) is 9.13 Å². The first kappa shape index (κ1) is 18.7. The van der Waals surface area contributed by atoms with Crippen molar-refractivity contribution in [1.82, 2.24) is 14.1 Å². The van der Waals surface area contributed by atoms with Crippen LogP contribution in [0.3, 0.4) is 0 Å². The third kappa shape index (κ3) is 3.21. The lowest BCUT2D eigenvalue weighted by molar-refractivity contribution is 0.277. The summed E-state index contributed by atoms with van der Waals surface area (Å²) in [5.41, 5.74) is 11.2. The van der Waals surface area contributed by atoms with Gasteiger partial charge in [0.2, 0.25) is 0 Å². The molecule has 0 radical (unpaired) electrons. The molecule has 0 unspecified atom stereocenters. The molecule has 0 amide bonds. The van der Waals surface area contributed by atoms with Crippen LogP contribution in [0, 0.1) is 6.92 Å². The Morgan fingerprint density at radius 2 is 2.11 bits per heavy atom. The summed E-state index contributed by atoms with van der Waals surface area (Å²) < 4.78 is 3.36. The predicted molar refractivity (Wildman–Crippen MR) is 111 cm³/mol. The van der Waals surface area contributed by atoms with E-state index in [1.165, 1.54) is 0 Å². The molecule has 2 aromatic heterocycles. The second-order valence-corrected chi connectivity index (χ2v) is 7.67. The predicted octanol–water partition coefficient (Wildman–Crippen LogP) is 1.51. The van der Waals surface area contributed by atoms with Crippen LogP contribution in [-0.2, 0) is 20.2 Å². The Morgan fingerprint density at radius 1 is 1.32 bits per heavy atom. The molecule has 1 aliphatic heterocycles. The van der Waals surface area contributed by atoms with E-state index >= 15 is 0 Å². The van der Waals surface area contributed by atoms with Gasteiger partial charge < -0.3 is 15.7 Å². The summed E-state index contributed by atoms with van der Waals surface area (Å²) in [5, 5.41) is 9.71. The summed E-state index contributed by atoms with van der Waals surface area (Å²) in [6, 6.07) is 10.1. The number of nitrogens with zero attached hydrogens (tertiary/aromatic N) is 4. The Labute approximate surface area is 164 Å². The average molecular weight is 381 g/mol. The number of hydrogen-bond donors (Lipinski definition) is 2. The minimum atomic E-state index is -0.167. The summed E-state index contributed by atoms with van der Waals surface area (Å²) >= 11 is 0. The van der Waals surface area contributed by atoms with Crippen LogP contribution in [0.15, 0.2) is 35.1 Å². The minimum Gasteiger partial charge on any atom is -0.390 e. The zero-order chi connectivity index (χ0) is 19.8. The molecule has 3 aromatic rings. The van der Waals surface area contributed by atoms with Gasteiger partial charge in [-0.2, -0.15) is 0 Å². The molecule has 0 aliphatic carbocycles. The van der Waals surface area contributed by atoms with Crippen molar-refractivity contribution in [2.45, 2.75) is 39.0 Å². The van der Waals surface area contributed by atoms with Gasteiger partial charge in [0.25, 0.3) is 0 Å². The highest BCUT2D eigenvalue weighted by atomic mass is 16.3. The number of piperidine rings is 1. The number of benzene rings is 1. The number of aryl methyl sites for hydroxylation is 2. The van der Waals surface area contributed by atoms with E-state index in [0.717, 1.165) is 48.3 Å². The van der Waals surface area contributed by atoms with Crippen LogP contribution >= 0.6 is 0 Å². The van der Waals surface area contributed by atoms with E-state index < -0.39 is 0 Å². The Balaban J connectivity index is 1.93. The van der Waals surface area contributed by atoms with Gasteiger partial charge in [-0.05, 0) is 37.0 Å². The third-order valence-electron chi connectivity index (χ3n) is 5.66. The summed E-state index contributed by atoms with van der Waals surface area (Å²) in [7, 11) is 1.74. The Bertz CT molecular complexity index is 1070. The van der Waals surface area contributed by atoms with Gasteiger partial charge in [0.1, 0.15) is 5.52 Å². The third-order valence-corrected chi connectivity index (χ3v) is 5.66. The molecule has 0 bridgehead atoms. The molecule has 0 saturated carbocycles. The van der Waals surface area contributed by atoms with E-state index in [1.807, 2.05) is 24.3 Å². The lowest BCUT2D eigenvalue weighted by Gasteiger charge is -2.33. The van der Waals surface area contributed by atoms with Gasteiger partial charge in [0.05, 0.1) is 24.5 Å². The molecule has 4 rings (SSSR count). The minimum absolute atomic E-state index is 0.106. The molecule has 1 atom stereocenters. The molecule has 3 heterocycles. The number of nitrogens with two attached hydrogens (primary N) is 1. The molecular weight excluding hydrogens is 354 g/mol. The van der Waals surface area contributed by atoms with E-state index in [0.29, 0.717) is 17.9 Å². The lowest BCUT2D eigenvalue weighted by Crippen LogP contribution is -2.43. The van der Waals surface area contributed by atoms with Crippen LogP contribution in [0.2, 0.25) is 0 Å². The zero-order valence-electron chi connectivity index (χ0n) is 16.4. The van der Waals surface area contributed by atoms with Gasteiger partial charge in [0, 0.05) is 26.2 Å². The normalized spacial score (nSPS) is 17.4. The van der Waals surface area contributed by atoms with Gasteiger partial charge in [-0.1, -0.05) is 24.3 Å². The van der Waals surface area contributed by atoms with Crippen LogP contribution in [0.4, 0.5) is 5.69 Å². The molecule has 7 nitrogen and oxygen atoms in total. The lowest BCUT2D eigenvalue weighted by atomic mass is 10.1. The average Bonchev–Trinajstić information content (AvgIpc) is 2.94. The number of fused-ring (bicyclic) bond motifs is 1. The highest BCUT2D eigenvalue weighted by molar-refractivity contribution is 5.87. The van der Waals surface area contributed by atoms with Gasteiger partial charge in [-0.15, -0.1) is 0 Å². The quantitative estimate of drug-likeness (QED) is 0.715. The van der Waals surface area contributed by atoms with Crippen molar-refractivity contribution in [3.05, 3.63) is 57.6 Å². The Morgan fingerprint density at radius 3 is 2.82 bits per heavy atom. The maximum absolute atomic E-state index is 13.1. The summed E-state index contributed by atoms with van der Waals surface area (Å²) in [5.74, 6) is 0. The molecule has 1 aliphatic rings. The van der Waals surface area contributed by atoms with E-state index in [4.69, 9.17) is 5.73 Å². The highest BCUT2D eigenvalue weighted by Crippen LogP contribution is 2.29. The van der Waals surface area contributed by atoms with Crippen molar-refractivity contribution in [3.63, 3.8) is 0 Å². The number of pyridine rings is 1.